The minimum atomic E-state index is 0.764. The summed E-state index contributed by atoms with van der Waals surface area (Å²) in [6.45, 7) is 13.8. The highest BCUT2D eigenvalue weighted by molar-refractivity contribution is 5.96. The van der Waals surface area contributed by atoms with E-state index in [0.29, 0.717) is 0 Å². The molecule has 1 fully saturated rings. The van der Waals surface area contributed by atoms with Gasteiger partial charge in [0, 0.05) is 37.3 Å². The molecule has 0 unspecified atom stereocenters. The molecule has 0 radical (unpaired) electrons. The van der Waals surface area contributed by atoms with Crippen molar-refractivity contribution >= 4 is 28.1 Å². The summed E-state index contributed by atoms with van der Waals surface area (Å²) < 4.78 is 5.50. The Kier molecular flexibility index (Phi) is 8.65. The zero-order valence-corrected chi connectivity index (χ0v) is 17.5. The van der Waals surface area contributed by atoms with Crippen molar-refractivity contribution in [1.29, 1.82) is 0 Å². The van der Waals surface area contributed by atoms with Gasteiger partial charge in [0.2, 0.25) is 0 Å². The lowest BCUT2D eigenvalue weighted by Crippen LogP contribution is -2.37. The highest BCUT2D eigenvalue weighted by Crippen LogP contribution is 2.31. The number of fused-ring (bicyclic) bond motifs is 1. The molecular weight excluding hydrogens is 336 g/mol. The summed E-state index contributed by atoms with van der Waals surface area (Å²) in [6.07, 6.45) is 3.48. The molecule has 3 rings (SSSR count). The number of rotatable bonds is 7. The van der Waals surface area contributed by atoms with Crippen molar-refractivity contribution in [2.75, 3.05) is 54.9 Å². The Morgan fingerprint density at radius 2 is 1.81 bits per heavy atom. The van der Waals surface area contributed by atoms with Crippen molar-refractivity contribution in [3.8, 4) is 0 Å². The number of ether oxygens (including phenoxy) is 1. The standard InChI is InChI=1S/C20H30N4O.C2H6/c1-3-5-9-24(8-4-2)20-18-7-6-17(21)14-16(18)15-19(22-20)23-10-12-25-13-11-23;1-2/h6-7,14-15H,3-5,8-13,21H2,1-2H3;1-2H3. The van der Waals surface area contributed by atoms with Crippen LogP contribution in [0.2, 0.25) is 0 Å². The second-order valence-electron chi connectivity index (χ2n) is 6.72. The smallest absolute Gasteiger partial charge is 0.138 e. The number of unbranched alkanes of at least 4 members (excludes halogenated alkanes) is 1. The molecule has 0 aliphatic carbocycles. The SMILES string of the molecule is CC.CCCCN(CCC)c1nc(N2CCOCC2)cc2cc(N)ccc12. The summed E-state index contributed by atoms with van der Waals surface area (Å²) in [5.74, 6) is 2.13. The molecule has 1 aliphatic heterocycles. The van der Waals surface area contributed by atoms with Crippen LogP contribution in [0.5, 0.6) is 0 Å². The quantitative estimate of drug-likeness (QED) is 0.714. The summed E-state index contributed by atoms with van der Waals surface area (Å²) >= 11 is 0. The van der Waals surface area contributed by atoms with Crippen LogP contribution < -0.4 is 15.5 Å². The molecule has 2 aromatic rings. The molecule has 0 saturated carbocycles. The normalized spacial score (nSPS) is 14.0. The lowest BCUT2D eigenvalue weighted by molar-refractivity contribution is 0.122. The summed E-state index contributed by atoms with van der Waals surface area (Å²) in [5, 5.41) is 2.36. The van der Waals surface area contributed by atoms with Crippen LogP contribution in [0.3, 0.4) is 0 Å². The van der Waals surface area contributed by atoms with Crippen LogP contribution in [-0.2, 0) is 4.74 Å². The molecule has 1 saturated heterocycles. The minimum absolute atomic E-state index is 0.764. The third-order valence-electron chi connectivity index (χ3n) is 4.73. The van der Waals surface area contributed by atoms with Crippen molar-refractivity contribution in [1.82, 2.24) is 4.98 Å². The predicted octanol–water partition coefficient (Wildman–Crippen LogP) is 4.70. The number of benzene rings is 1. The molecule has 150 valence electrons. The molecule has 0 amide bonds. The van der Waals surface area contributed by atoms with Crippen LogP contribution >= 0.6 is 0 Å². The molecule has 0 atom stereocenters. The Bertz CT molecular complexity index is 698. The number of hydrogen-bond donors (Lipinski definition) is 1. The first-order valence-corrected chi connectivity index (χ1v) is 10.5. The Labute approximate surface area is 164 Å². The van der Waals surface area contributed by atoms with Crippen LogP contribution in [0.25, 0.3) is 10.8 Å². The van der Waals surface area contributed by atoms with E-state index in [1.807, 2.05) is 19.9 Å². The van der Waals surface area contributed by atoms with E-state index in [-0.39, 0.29) is 0 Å². The highest BCUT2D eigenvalue weighted by atomic mass is 16.5. The van der Waals surface area contributed by atoms with E-state index in [1.54, 1.807) is 0 Å². The second-order valence-corrected chi connectivity index (χ2v) is 6.72. The van der Waals surface area contributed by atoms with Gasteiger partial charge in [-0.1, -0.05) is 34.1 Å². The van der Waals surface area contributed by atoms with Crippen molar-refractivity contribution in [3.63, 3.8) is 0 Å². The van der Waals surface area contributed by atoms with Gasteiger partial charge < -0.3 is 20.3 Å². The monoisotopic (exact) mass is 372 g/mol. The highest BCUT2D eigenvalue weighted by Gasteiger charge is 2.18. The maximum absolute atomic E-state index is 6.05. The van der Waals surface area contributed by atoms with E-state index < -0.39 is 0 Å². The number of pyridine rings is 1. The van der Waals surface area contributed by atoms with Gasteiger partial charge in [-0.3, -0.25) is 0 Å². The van der Waals surface area contributed by atoms with Gasteiger partial charge in [0.1, 0.15) is 11.6 Å². The van der Waals surface area contributed by atoms with Gasteiger partial charge >= 0.3 is 0 Å². The van der Waals surface area contributed by atoms with E-state index in [9.17, 15) is 0 Å². The topological polar surface area (TPSA) is 54.6 Å². The number of morpholine rings is 1. The summed E-state index contributed by atoms with van der Waals surface area (Å²) in [7, 11) is 0. The molecule has 1 aliphatic rings. The fourth-order valence-electron chi connectivity index (χ4n) is 3.38. The van der Waals surface area contributed by atoms with Crippen LogP contribution in [-0.4, -0.2) is 44.4 Å². The van der Waals surface area contributed by atoms with E-state index >= 15 is 0 Å². The number of anilines is 3. The first-order chi connectivity index (χ1) is 13.2. The number of nitrogens with two attached hydrogens (primary N) is 1. The fourth-order valence-corrected chi connectivity index (χ4v) is 3.38. The second kappa shape index (κ2) is 11.0. The lowest BCUT2D eigenvalue weighted by Gasteiger charge is -2.30. The lowest BCUT2D eigenvalue weighted by atomic mass is 10.1. The summed E-state index contributed by atoms with van der Waals surface area (Å²) in [4.78, 5) is 9.84. The predicted molar refractivity (Wildman–Crippen MR) is 118 cm³/mol. The molecule has 1 aromatic carbocycles. The van der Waals surface area contributed by atoms with E-state index in [1.165, 1.54) is 23.6 Å². The van der Waals surface area contributed by atoms with Crippen LogP contribution in [0.15, 0.2) is 24.3 Å². The number of hydrogen-bond acceptors (Lipinski definition) is 5. The van der Waals surface area contributed by atoms with Gasteiger partial charge in [-0.15, -0.1) is 0 Å². The minimum Gasteiger partial charge on any atom is -0.399 e. The molecule has 2 heterocycles. The zero-order chi connectivity index (χ0) is 19.6. The third kappa shape index (κ3) is 5.48. The Hall–Kier alpha value is -2.01. The maximum atomic E-state index is 6.05. The fraction of sp³-hybridized carbons (Fsp3) is 0.591. The Morgan fingerprint density at radius 1 is 1.07 bits per heavy atom. The van der Waals surface area contributed by atoms with Gasteiger partial charge in [0.25, 0.3) is 0 Å². The molecule has 5 nitrogen and oxygen atoms in total. The van der Waals surface area contributed by atoms with Gasteiger partial charge in [-0.25, -0.2) is 4.98 Å². The van der Waals surface area contributed by atoms with Crippen LogP contribution in [0.1, 0.15) is 47.0 Å². The van der Waals surface area contributed by atoms with Gasteiger partial charge in [-0.2, -0.15) is 0 Å². The van der Waals surface area contributed by atoms with E-state index in [4.69, 9.17) is 15.5 Å². The average molecular weight is 373 g/mol. The van der Waals surface area contributed by atoms with Gasteiger partial charge in [-0.05, 0) is 42.5 Å². The van der Waals surface area contributed by atoms with Gasteiger partial charge in [0.15, 0.2) is 0 Å². The van der Waals surface area contributed by atoms with Crippen molar-refractivity contribution in [3.05, 3.63) is 24.3 Å². The molecule has 0 spiro atoms. The van der Waals surface area contributed by atoms with Crippen molar-refractivity contribution in [2.24, 2.45) is 0 Å². The zero-order valence-electron chi connectivity index (χ0n) is 17.5. The van der Waals surface area contributed by atoms with E-state index in [2.05, 4.69) is 41.8 Å². The number of nitrogens with zero attached hydrogens (tertiary/aromatic N) is 3. The average Bonchev–Trinajstić information content (AvgIpc) is 2.72. The van der Waals surface area contributed by atoms with E-state index in [0.717, 1.165) is 63.1 Å². The van der Waals surface area contributed by atoms with Crippen LogP contribution in [0, 0.1) is 0 Å². The largest absolute Gasteiger partial charge is 0.399 e. The molecule has 5 heteroatoms. The molecule has 1 aromatic heterocycles. The Balaban J connectivity index is 0.00000126. The third-order valence-corrected chi connectivity index (χ3v) is 4.73. The van der Waals surface area contributed by atoms with Crippen LogP contribution in [0.4, 0.5) is 17.3 Å². The molecule has 27 heavy (non-hydrogen) atoms. The maximum Gasteiger partial charge on any atom is 0.138 e. The van der Waals surface area contributed by atoms with Crippen molar-refractivity contribution < 1.29 is 4.74 Å². The number of nitrogen functional groups attached to an aromatic ring is 1. The number of aromatic nitrogens is 1. The molecule has 2 N–H and O–H groups in total. The van der Waals surface area contributed by atoms with Gasteiger partial charge in [0.05, 0.1) is 13.2 Å². The summed E-state index contributed by atoms with van der Waals surface area (Å²) in [5.41, 5.74) is 6.85. The molecule has 0 bridgehead atoms. The Morgan fingerprint density at radius 3 is 2.48 bits per heavy atom. The first kappa shape index (κ1) is 21.3. The first-order valence-electron chi connectivity index (χ1n) is 10.5. The summed E-state index contributed by atoms with van der Waals surface area (Å²) in [6, 6.07) is 8.33. The van der Waals surface area contributed by atoms with Crippen molar-refractivity contribution in [2.45, 2.75) is 47.0 Å². The molecular formula is C22H36N4O.